The van der Waals surface area contributed by atoms with Crippen LogP contribution in [0.5, 0.6) is 0 Å². The number of hydrogen-bond acceptors (Lipinski definition) is 2. The van der Waals surface area contributed by atoms with E-state index >= 15 is 0 Å². The van der Waals surface area contributed by atoms with Crippen LogP contribution in [0.3, 0.4) is 0 Å². The Hall–Kier alpha value is -1.42. The summed E-state index contributed by atoms with van der Waals surface area (Å²) in [4.78, 5) is 12.3. The van der Waals surface area contributed by atoms with E-state index in [1.807, 2.05) is 13.8 Å². The molecule has 18 heavy (non-hydrogen) atoms. The topological polar surface area (TPSA) is 41.1 Å². The van der Waals surface area contributed by atoms with Crippen molar-refractivity contribution in [3.05, 3.63) is 35.6 Å². The first-order valence-corrected chi connectivity index (χ1v) is 6.28. The highest BCUT2D eigenvalue weighted by molar-refractivity contribution is 5.87. The van der Waals surface area contributed by atoms with E-state index in [4.69, 9.17) is 0 Å². The van der Waals surface area contributed by atoms with E-state index in [2.05, 4.69) is 10.6 Å². The van der Waals surface area contributed by atoms with Gasteiger partial charge in [0.2, 0.25) is 5.91 Å². The number of carbonyl (C=O) groups is 1. The van der Waals surface area contributed by atoms with Gasteiger partial charge in [-0.1, -0.05) is 12.1 Å². The molecule has 1 unspecified atom stereocenters. The van der Waals surface area contributed by atoms with E-state index in [1.165, 1.54) is 12.1 Å². The maximum absolute atomic E-state index is 13.2. The van der Waals surface area contributed by atoms with Crippen LogP contribution >= 0.6 is 0 Å². The molecule has 98 valence electrons. The Balaban J connectivity index is 2.11. The zero-order chi connectivity index (χ0) is 13.2. The van der Waals surface area contributed by atoms with Gasteiger partial charge in [-0.2, -0.15) is 0 Å². The summed E-state index contributed by atoms with van der Waals surface area (Å²) in [5.74, 6) is -0.363. The van der Waals surface area contributed by atoms with Crippen molar-refractivity contribution in [3.8, 4) is 0 Å². The number of nitrogens with one attached hydrogen (secondary N) is 2. The lowest BCUT2D eigenvalue weighted by atomic mass is 9.83. The molecule has 2 N–H and O–H groups in total. The van der Waals surface area contributed by atoms with Gasteiger partial charge in [-0.05, 0) is 44.5 Å². The van der Waals surface area contributed by atoms with Crippen molar-refractivity contribution >= 4 is 5.91 Å². The first-order valence-electron chi connectivity index (χ1n) is 6.28. The summed E-state index contributed by atoms with van der Waals surface area (Å²) in [7, 11) is 0. The fourth-order valence-corrected chi connectivity index (χ4v) is 2.15. The molecule has 0 spiro atoms. The lowest BCUT2D eigenvalue weighted by molar-refractivity contribution is -0.126. The zero-order valence-electron chi connectivity index (χ0n) is 10.8. The first kappa shape index (κ1) is 13.0. The number of amides is 1. The molecule has 1 aliphatic rings. The molecule has 1 saturated heterocycles. The van der Waals surface area contributed by atoms with Crippen molar-refractivity contribution in [2.75, 3.05) is 13.1 Å². The van der Waals surface area contributed by atoms with Gasteiger partial charge in [-0.3, -0.25) is 4.79 Å². The normalized spacial score (nSPS) is 19.8. The van der Waals surface area contributed by atoms with Crippen LogP contribution in [0, 0.1) is 5.82 Å². The highest BCUT2D eigenvalue weighted by Gasteiger charge is 2.32. The Morgan fingerprint density at radius 2 is 2.28 bits per heavy atom. The van der Waals surface area contributed by atoms with Gasteiger partial charge in [0, 0.05) is 12.6 Å². The maximum atomic E-state index is 13.2. The van der Waals surface area contributed by atoms with Gasteiger partial charge in [0.05, 0.1) is 5.41 Å². The van der Waals surface area contributed by atoms with Crippen LogP contribution in [0.1, 0.15) is 25.8 Å². The number of hydrogen-bond donors (Lipinski definition) is 2. The van der Waals surface area contributed by atoms with E-state index in [0.29, 0.717) is 5.56 Å². The van der Waals surface area contributed by atoms with Gasteiger partial charge in [0.15, 0.2) is 0 Å². The van der Waals surface area contributed by atoms with Crippen LogP contribution in [0.25, 0.3) is 0 Å². The average molecular weight is 250 g/mol. The second-order valence-corrected chi connectivity index (χ2v) is 5.30. The summed E-state index contributed by atoms with van der Waals surface area (Å²) in [6.45, 7) is 5.38. The molecule has 2 rings (SSSR count). The van der Waals surface area contributed by atoms with Crippen LogP contribution < -0.4 is 10.6 Å². The van der Waals surface area contributed by atoms with Crippen LogP contribution in [-0.2, 0) is 10.2 Å². The number of benzene rings is 1. The second-order valence-electron chi connectivity index (χ2n) is 5.30. The predicted molar refractivity (Wildman–Crippen MR) is 68.8 cm³/mol. The molecule has 0 saturated carbocycles. The molecule has 0 radical (unpaired) electrons. The fraction of sp³-hybridized carbons (Fsp3) is 0.500. The van der Waals surface area contributed by atoms with Crippen LogP contribution in [0.2, 0.25) is 0 Å². The van der Waals surface area contributed by atoms with Crippen molar-refractivity contribution in [1.29, 1.82) is 0 Å². The Kier molecular flexibility index (Phi) is 3.66. The molecular formula is C14H19FN2O. The highest BCUT2D eigenvalue weighted by Crippen LogP contribution is 2.24. The molecule has 1 aliphatic heterocycles. The molecule has 1 aromatic carbocycles. The van der Waals surface area contributed by atoms with Crippen molar-refractivity contribution in [1.82, 2.24) is 10.6 Å². The standard InChI is InChI=1S/C14H19FN2O/c1-14(2,10-4-3-5-11(15)8-10)13(18)17-12-6-7-16-9-12/h3-5,8,12,16H,6-7,9H2,1-2H3,(H,17,18). The third kappa shape index (κ3) is 2.70. The monoisotopic (exact) mass is 250 g/mol. The minimum absolute atomic E-state index is 0.0539. The maximum Gasteiger partial charge on any atom is 0.230 e. The van der Waals surface area contributed by atoms with Crippen molar-refractivity contribution in [2.24, 2.45) is 0 Å². The summed E-state index contributed by atoms with van der Waals surface area (Å²) in [6, 6.07) is 6.42. The van der Waals surface area contributed by atoms with Crippen LogP contribution in [0.15, 0.2) is 24.3 Å². The first-order chi connectivity index (χ1) is 8.50. The molecule has 0 aromatic heterocycles. The molecule has 0 bridgehead atoms. The van der Waals surface area contributed by atoms with Crippen molar-refractivity contribution in [3.63, 3.8) is 0 Å². The van der Waals surface area contributed by atoms with Gasteiger partial charge >= 0.3 is 0 Å². The highest BCUT2D eigenvalue weighted by atomic mass is 19.1. The Morgan fingerprint density at radius 1 is 1.50 bits per heavy atom. The minimum atomic E-state index is -0.718. The van der Waals surface area contributed by atoms with Gasteiger partial charge in [-0.15, -0.1) is 0 Å². The van der Waals surface area contributed by atoms with E-state index in [0.717, 1.165) is 19.5 Å². The summed E-state index contributed by atoms with van der Waals surface area (Å²) in [5.41, 5.74) is -0.0176. The number of halogens is 1. The van der Waals surface area contributed by atoms with Gasteiger partial charge in [0.1, 0.15) is 5.82 Å². The smallest absolute Gasteiger partial charge is 0.230 e. The molecule has 1 aromatic rings. The Bertz CT molecular complexity index is 439. The number of carbonyl (C=O) groups excluding carboxylic acids is 1. The molecule has 0 aliphatic carbocycles. The summed E-state index contributed by atoms with van der Waals surface area (Å²) >= 11 is 0. The third-order valence-corrected chi connectivity index (χ3v) is 3.51. The quantitative estimate of drug-likeness (QED) is 0.855. The molecule has 3 nitrogen and oxygen atoms in total. The van der Waals surface area contributed by atoms with Crippen LogP contribution in [0.4, 0.5) is 4.39 Å². The van der Waals surface area contributed by atoms with Gasteiger partial charge in [-0.25, -0.2) is 4.39 Å². The SMILES string of the molecule is CC(C)(C(=O)NC1CCNC1)c1cccc(F)c1. The van der Waals surface area contributed by atoms with Crippen molar-refractivity contribution < 1.29 is 9.18 Å². The minimum Gasteiger partial charge on any atom is -0.351 e. The molecule has 1 fully saturated rings. The average Bonchev–Trinajstić information content (AvgIpc) is 2.81. The van der Waals surface area contributed by atoms with Gasteiger partial charge < -0.3 is 10.6 Å². The largest absolute Gasteiger partial charge is 0.351 e. The van der Waals surface area contributed by atoms with Crippen LogP contribution in [-0.4, -0.2) is 25.0 Å². The fourth-order valence-electron chi connectivity index (χ4n) is 2.15. The summed E-state index contributed by atoms with van der Waals surface area (Å²) < 4.78 is 13.2. The number of rotatable bonds is 3. The summed E-state index contributed by atoms with van der Waals surface area (Å²) in [5, 5.41) is 6.22. The zero-order valence-corrected chi connectivity index (χ0v) is 10.8. The Labute approximate surface area is 107 Å². The van der Waals surface area contributed by atoms with Gasteiger partial charge in [0.25, 0.3) is 0 Å². The van der Waals surface area contributed by atoms with E-state index in [9.17, 15) is 9.18 Å². The second kappa shape index (κ2) is 5.06. The third-order valence-electron chi connectivity index (χ3n) is 3.51. The Morgan fingerprint density at radius 3 is 2.89 bits per heavy atom. The van der Waals surface area contributed by atoms with Crippen molar-refractivity contribution in [2.45, 2.75) is 31.7 Å². The molecular weight excluding hydrogens is 231 g/mol. The van der Waals surface area contributed by atoms with E-state index in [1.54, 1.807) is 12.1 Å². The lowest BCUT2D eigenvalue weighted by Crippen LogP contribution is -2.45. The van der Waals surface area contributed by atoms with E-state index < -0.39 is 5.41 Å². The molecule has 4 heteroatoms. The lowest BCUT2D eigenvalue weighted by Gasteiger charge is -2.26. The molecule has 1 atom stereocenters. The summed E-state index contributed by atoms with van der Waals surface area (Å²) in [6.07, 6.45) is 0.949. The molecule has 1 amide bonds. The predicted octanol–water partition coefficient (Wildman–Crippen LogP) is 1.58. The molecule has 1 heterocycles. The van der Waals surface area contributed by atoms with E-state index in [-0.39, 0.29) is 17.8 Å².